The molecule has 2 aliphatic rings. The van der Waals surface area contributed by atoms with Gasteiger partial charge in [0.2, 0.25) is 11.8 Å². The van der Waals surface area contributed by atoms with Gasteiger partial charge in [-0.05, 0) is 56.4 Å². The highest BCUT2D eigenvalue weighted by molar-refractivity contribution is 7.54. The second-order valence-electron chi connectivity index (χ2n) is 12.4. The third-order valence-corrected chi connectivity index (χ3v) is 11.2. The molecule has 3 amide bonds. The van der Waals surface area contributed by atoms with Crippen LogP contribution < -0.4 is 15.4 Å². The van der Waals surface area contributed by atoms with Gasteiger partial charge >= 0.3 is 13.7 Å². The molecule has 49 heavy (non-hydrogen) atoms. The Labute approximate surface area is 293 Å². The Hall–Kier alpha value is -3.15. The Kier molecular flexibility index (Phi) is 15.2. The maximum absolute atomic E-state index is 14.0. The van der Waals surface area contributed by atoms with E-state index in [1.807, 2.05) is 24.3 Å². The number of rotatable bonds is 16. The maximum Gasteiger partial charge on any atom is 0.408 e. The number of ether oxygens (including phenoxy) is 2. The molecule has 0 radical (unpaired) electrons. The molecular weight excluding hydrogens is 673 g/mol. The Morgan fingerprint density at radius 2 is 1.78 bits per heavy atom. The molecule has 0 aromatic heterocycles. The molecule has 1 heterocycles. The quantitative estimate of drug-likeness (QED) is 0.173. The van der Waals surface area contributed by atoms with Gasteiger partial charge in [0.05, 0.1) is 25.8 Å². The van der Waals surface area contributed by atoms with Crippen LogP contribution in [-0.4, -0.2) is 72.2 Å². The molecule has 270 valence electrons. The Bertz CT molecular complexity index is 1430. The van der Waals surface area contributed by atoms with Crippen LogP contribution in [0.25, 0.3) is 0 Å². The maximum atomic E-state index is 14.0. The lowest BCUT2D eigenvalue weighted by atomic mass is 9.84. The summed E-state index contributed by atoms with van der Waals surface area (Å²) < 4.78 is 35.8. The highest BCUT2D eigenvalue weighted by Crippen LogP contribution is 2.53. The third kappa shape index (κ3) is 11.7. The number of benzene rings is 2. The van der Waals surface area contributed by atoms with Gasteiger partial charge in [-0.15, -0.1) is 0 Å². The number of amides is 3. The fourth-order valence-corrected chi connectivity index (χ4v) is 8.25. The topological polar surface area (TPSA) is 153 Å². The van der Waals surface area contributed by atoms with Gasteiger partial charge < -0.3 is 39.2 Å². The predicted octanol–water partition coefficient (Wildman–Crippen LogP) is 6.18. The molecule has 4 rings (SSSR count). The second-order valence-corrected chi connectivity index (χ2v) is 14.9. The van der Waals surface area contributed by atoms with E-state index < -0.39 is 37.5 Å². The molecule has 1 saturated carbocycles. The van der Waals surface area contributed by atoms with Gasteiger partial charge in [-0.3, -0.25) is 14.2 Å². The van der Waals surface area contributed by atoms with Gasteiger partial charge in [0.15, 0.2) is 5.85 Å². The number of nitrogens with one attached hydrogen (secondary N) is 2. The molecule has 0 spiro atoms. The van der Waals surface area contributed by atoms with Gasteiger partial charge in [-0.2, -0.15) is 0 Å². The van der Waals surface area contributed by atoms with Crippen molar-refractivity contribution >= 4 is 37.1 Å². The number of para-hydroxylation sites is 1. The lowest BCUT2D eigenvalue weighted by Crippen LogP contribution is -2.53. The summed E-state index contributed by atoms with van der Waals surface area (Å²) in [6.45, 7) is 4.19. The van der Waals surface area contributed by atoms with Crippen molar-refractivity contribution in [3.05, 3.63) is 64.7 Å². The van der Waals surface area contributed by atoms with Gasteiger partial charge in [0, 0.05) is 23.6 Å². The summed E-state index contributed by atoms with van der Waals surface area (Å²) in [6, 6.07) is 12.2. The van der Waals surface area contributed by atoms with Crippen LogP contribution in [0.15, 0.2) is 48.5 Å². The minimum absolute atomic E-state index is 0.00848. The summed E-state index contributed by atoms with van der Waals surface area (Å²) in [6.07, 6.45) is 4.41. The SMILES string of the molecule is CCOP(=O)(OCC)C(O)[C@H](CCC(=O)N1CCOc2ccccc2C1)NC(=O)[C@H](CC1CCCCC1)NC(=O)OCc1cccc(Cl)c1. The van der Waals surface area contributed by atoms with Gasteiger partial charge in [-0.25, -0.2) is 4.79 Å². The van der Waals surface area contributed by atoms with E-state index in [1.54, 1.807) is 43.0 Å². The molecule has 1 aliphatic carbocycles. The van der Waals surface area contributed by atoms with Crippen LogP contribution in [0.5, 0.6) is 5.75 Å². The highest BCUT2D eigenvalue weighted by atomic mass is 35.5. The van der Waals surface area contributed by atoms with Gasteiger partial charge in [-0.1, -0.05) is 74.0 Å². The Morgan fingerprint density at radius 3 is 2.49 bits per heavy atom. The minimum Gasteiger partial charge on any atom is -0.491 e. The average molecular weight is 722 g/mol. The molecule has 1 fully saturated rings. The van der Waals surface area contributed by atoms with Crippen molar-refractivity contribution in [2.24, 2.45) is 5.92 Å². The lowest BCUT2D eigenvalue weighted by molar-refractivity contribution is -0.133. The molecule has 3 atom stereocenters. The second kappa shape index (κ2) is 19.3. The van der Waals surface area contributed by atoms with Crippen molar-refractivity contribution in [3.8, 4) is 5.75 Å². The van der Waals surface area contributed by atoms with Gasteiger partial charge in [0.1, 0.15) is 25.0 Å². The first-order valence-corrected chi connectivity index (χ1v) is 19.1. The van der Waals surface area contributed by atoms with Crippen LogP contribution in [0.1, 0.15) is 76.3 Å². The van der Waals surface area contributed by atoms with Gasteiger partial charge in [0.25, 0.3) is 0 Å². The normalized spacial score (nSPS) is 17.1. The lowest BCUT2D eigenvalue weighted by Gasteiger charge is -2.32. The smallest absolute Gasteiger partial charge is 0.408 e. The molecule has 1 unspecified atom stereocenters. The van der Waals surface area contributed by atoms with Crippen LogP contribution in [-0.2, 0) is 41.1 Å². The van der Waals surface area contributed by atoms with Crippen LogP contribution in [0.4, 0.5) is 4.79 Å². The van der Waals surface area contributed by atoms with Crippen LogP contribution in [0.2, 0.25) is 5.02 Å². The number of carbonyl (C=O) groups is 3. The molecule has 3 N–H and O–H groups in total. The molecular formula is C35H49ClN3O9P. The number of hydrogen-bond acceptors (Lipinski definition) is 9. The Balaban J connectivity index is 1.50. The number of aliphatic hydroxyl groups is 1. The standard InChI is InChI=1S/C35H49ClN3O9P/c1-3-47-49(44,48-4-2)34(42)29(17-18-32(40)39-19-20-45-31-16-9-8-14-27(31)23-39)37-33(41)30(22-25-11-6-5-7-12-25)38-35(43)46-24-26-13-10-15-28(36)21-26/h8-10,13-16,21,25,29-30,34,42H,3-7,11-12,17-20,22-24H2,1-2H3,(H,37,41)(H,38,43)/t29-,30-,34?/m0/s1. The molecule has 1 aliphatic heterocycles. The summed E-state index contributed by atoms with van der Waals surface area (Å²) in [5, 5.41) is 17.5. The van der Waals surface area contributed by atoms with E-state index in [2.05, 4.69) is 10.6 Å². The van der Waals surface area contributed by atoms with E-state index in [1.165, 1.54) is 0 Å². The van der Waals surface area contributed by atoms with E-state index >= 15 is 0 Å². The summed E-state index contributed by atoms with van der Waals surface area (Å²) in [4.78, 5) is 42.1. The predicted molar refractivity (Wildman–Crippen MR) is 185 cm³/mol. The molecule has 2 aromatic rings. The van der Waals surface area contributed by atoms with Crippen molar-refractivity contribution in [3.63, 3.8) is 0 Å². The zero-order valence-corrected chi connectivity index (χ0v) is 30.0. The molecule has 0 bridgehead atoms. The van der Waals surface area contributed by atoms with Crippen LogP contribution >= 0.6 is 19.2 Å². The number of hydrogen-bond donors (Lipinski definition) is 3. The first-order chi connectivity index (χ1) is 23.6. The first kappa shape index (κ1) is 38.6. The van der Waals surface area contributed by atoms with E-state index in [-0.39, 0.29) is 44.5 Å². The number of fused-ring (bicyclic) bond motifs is 1. The van der Waals surface area contributed by atoms with E-state index in [0.717, 1.165) is 43.4 Å². The van der Waals surface area contributed by atoms with Crippen molar-refractivity contribution in [2.75, 3.05) is 26.4 Å². The van der Waals surface area contributed by atoms with Crippen molar-refractivity contribution in [1.29, 1.82) is 0 Å². The highest BCUT2D eigenvalue weighted by Gasteiger charge is 2.42. The average Bonchev–Trinajstić information content (AvgIpc) is 3.32. The summed E-state index contributed by atoms with van der Waals surface area (Å²) in [7, 11) is -4.13. The summed E-state index contributed by atoms with van der Waals surface area (Å²) in [5.74, 6) is -1.69. The number of aliphatic hydroxyl groups excluding tert-OH is 1. The van der Waals surface area contributed by atoms with E-state index in [0.29, 0.717) is 36.7 Å². The largest absolute Gasteiger partial charge is 0.491 e. The summed E-state index contributed by atoms with van der Waals surface area (Å²) >= 11 is 6.06. The monoisotopic (exact) mass is 721 g/mol. The molecule has 0 saturated heterocycles. The molecule has 14 heteroatoms. The number of carbonyl (C=O) groups excluding carboxylic acids is 3. The van der Waals surface area contributed by atoms with Crippen LogP contribution in [0.3, 0.4) is 0 Å². The van der Waals surface area contributed by atoms with Crippen molar-refractivity contribution < 1.29 is 42.6 Å². The first-order valence-electron chi connectivity index (χ1n) is 17.1. The Morgan fingerprint density at radius 1 is 1.04 bits per heavy atom. The number of alkyl carbamates (subject to hydrolysis) is 1. The van der Waals surface area contributed by atoms with Crippen LogP contribution in [0, 0.1) is 5.92 Å². The number of halogens is 1. The third-order valence-electron chi connectivity index (χ3n) is 8.77. The fraction of sp³-hybridized carbons (Fsp3) is 0.571. The van der Waals surface area contributed by atoms with E-state index in [4.69, 9.17) is 30.1 Å². The number of nitrogens with zero attached hydrogens (tertiary/aromatic N) is 1. The molecule has 12 nitrogen and oxygen atoms in total. The van der Waals surface area contributed by atoms with Crippen molar-refractivity contribution in [2.45, 2.75) is 96.3 Å². The van der Waals surface area contributed by atoms with E-state index in [9.17, 15) is 24.1 Å². The zero-order valence-electron chi connectivity index (χ0n) is 28.3. The van der Waals surface area contributed by atoms with Crippen molar-refractivity contribution in [1.82, 2.24) is 15.5 Å². The summed E-state index contributed by atoms with van der Waals surface area (Å²) in [5.41, 5.74) is 1.56. The zero-order chi connectivity index (χ0) is 35.2. The molecule has 2 aromatic carbocycles. The fourth-order valence-electron chi connectivity index (χ4n) is 6.27. The minimum atomic E-state index is -4.13.